The van der Waals surface area contributed by atoms with Crippen molar-refractivity contribution in [3.63, 3.8) is 0 Å². The van der Waals surface area contributed by atoms with Gasteiger partial charge in [-0.25, -0.2) is 4.68 Å². The number of nitrogens with one attached hydrogen (secondary N) is 1. The van der Waals surface area contributed by atoms with E-state index in [-0.39, 0.29) is 17.6 Å². The van der Waals surface area contributed by atoms with Gasteiger partial charge in [-0.2, -0.15) is 0 Å². The summed E-state index contributed by atoms with van der Waals surface area (Å²) in [6, 6.07) is 12.9. The summed E-state index contributed by atoms with van der Waals surface area (Å²) in [6.07, 6.45) is 5.81. The first kappa shape index (κ1) is 25.7. The molecule has 4 aromatic rings. The van der Waals surface area contributed by atoms with Crippen LogP contribution in [0, 0.1) is 27.7 Å². The maximum atomic E-state index is 13.8. The van der Waals surface area contributed by atoms with E-state index >= 15 is 0 Å². The van der Waals surface area contributed by atoms with E-state index in [0.29, 0.717) is 0 Å². The Kier molecular flexibility index (Phi) is 6.97. The van der Waals surface area contributed by atoms with Crippen molar-refractivity contribution in [2.45, 2.75) is 71.9 Å². The Balaban J connectivity index is 1.41. The van der Waals surface area contributed by atoms with Crippen molar-refractivity contribution in [3.8, 4) is 0 Å². The number of tetrazole rings is 1. The van der Waals surface area contributed by atoms with Gasteiger partial charge >= 0.3 is 0 Å². The fourth-order valence-corrected chi connectivity index (χ4v) is 6.54. The molecule has 0 spiro atoms. The van der Waals surface area contributed by atoms with Crippen LogP contribution in [0.15, 0.2) is 41.2 Å². The summed E-state index contributed by atoms with van der Waals surface area (Å²) in [4.78, 5) is 21.9. The third-order valence-electron chi connectivity index (χ3n) is 8.84. The number of aryl methyl sites for hydroxylation is 4. The number of aromatic amines is 1. The molecule has 204 valence electrons. The first-order chi connectivity index (χ1) is 18.9. The van der Waals surface area contributed by atoms with Gasteiger partial charge in [0.2, 0.25) is 0 Å². The zero-order chi connectivity index (χ0) is 27.1. The maximum Gasteiger partial charge on any atom is 0.253 e. The van der Waals surface area contributed by atoms with Crippen molar-refractivity contribution in [1.29, 1.82) is 0 Å². The van der Waals surface area contributed by atoms with Gasteiger partial charge in [-0.05, 0) is 85.3 Å². The van der Waals surface area contributed by atoms with Gasteiger partial charge in [0, 0.05) is 42.8 Å². The van der Waals surface area contributed by atoms with Crippen LogP contribution in [0.4, 0.5) is 5.69 Å². The molecule has 2 fully saturated rings. The van der Waals surface area contributed by atoms with Crippen molar-refractivity contribution < 1.29 is 0 Å². The van der Waals surface area contributed by atoms with Gasteiger partial charge in [-0.15, -0.1) is 5.10 Å². The van der Waals surface area contributed by atoms with Crippen LogP contribution >= 0.6 is 0 Å². The summed E-state index contributed by atoms with van der Waals surface area (Å²) in [7, 11) is 0. The topological polar surface area (TPSA) is 82.9 Å². The lowest BCUT2D eigenvalue weighted by molar-refractivity contribution is 0.192. The fraction of sp³-hybridized carbons (Fsp3) is 0.484. The number of hydrogen-bond acceptors (Lipinski definition) is 6. The molecule has 39 heavy (non-hydrogen) atoms. The van der Waals surface area contributed by atoms with E-state index in [0.717, 1.165) is 72.4 Å². The molecule has 1 aliphatic heterocycles. The van der Waals surface area contributed by atoms with Crippen LogP contribution in [0.1, 0.15) is 77.8 Å². The number of rotatable bonds is 5. The molecular weight excluding hydrogens is 486 g/mol. The van der Waals surface area contributed by atoms with Crippen molar-refractivity contribution >= 4 is 16.6 Å². The molecule has 8 heteroatoms. The Morgan fingerprint density at radius 1 is 0.872 bits per heavy atom. The van der Waals surface area contributed by atoms with Gasteiger partial charge in [-0.1, -0.05) is 43.5 Å². The second-order valence-corrected chi connectivity index (χ2v) is 11.5. The lowest BCUT2D eigenvalue weighted by atomic mass is 9.94. The minimum atomic E-state index is -0.309. The number of benzene rings is 2. The van der Waals surface area contributed by atoms with E-state index < -0.39 is 0 Å². The summed E-state index contributed by atoms with van der Waals surface area (Å²) < 4.78 is 2.04. The molecule has 1 N–H and O–H groups in total. The second kappa shape index (κ2) is 10.6. The highest BCUT2D eigenvalue weighted by Gasteiger charge is 2.34. The quantitative estimate of drug-likeness (QED) is 0.387. The minimum absolute atomic E-state index is 0.0589. The third kappa shape index (κ3) is 4.86. The Hall–Kier alpha value is -3.52. The van der Waals surface area contributed by atoms with Crippen molar-refractivity contribution in [1.82, 2.24) is 30.1 Å². The molecule has 2 aliphatic rings. The summed E-state index contributed by atoms with van der Waals surface area (Å²) in [6.45, 7) is 11.9. The van der Waals surface area contributed by atoms with Crippen LogP contribution in [-0.4, -0.2) is 56.3 Å². The highest BCUT2D eigenvalue weighted by molar-refractivity contribution is 5.85. The highest BCUT2D eigenvalue weighted by Crippen LogP contribution is 2.34. The molecular formula is C31H39N7O. The molecule has 1 unspecified atom stereocenters. The maximum absolute atomic E-state index is 13.8. The van der Waals surface area contributed by atoms with Gasteiger partial charge in [0.15, 0.2) is 5.82 Å². The Bertz CT molecular complexity index is 1540. The normalized spacial score (nSPS) is 18.1. The number of aromatic nitrogens is 5. The highest BCUT2D eigenvalue weighted by atomic mass is 16.1. The van der Waals surface area contributed by atoms with E-state index in [1.165, 1.54) is 36.1 Å². The Labute approximate surface area is 230 Å². The molecule has 0 bridgehead atoms. The van der Waals surface area contributed by atoms with Gasteiger partial charge in [0.1, 0.15) is 6.04 Å². The monoisotopic (exact) mass is 525 g/mol. The molecule has 1 atom stereocenters. The molecule has 0 amide bonds. The number of H-pyrrole nitrogens is 1. The van der Waals surface area contributed by atoms with Crippen LogP contribution in [0.3, 0.4) is 0 Å². The van der Waals surface area contributed by atoms with E-state index in [9.17, 15) is 4.79 Å². The first-order valence-electron chi connectivity index (χ1n) is 14.4. The minimum Gasteiger partial charge on any atom is -0.369 e. The van der Waals surface area contributed by atoms with Gasteiger partial charge < -0.3 is 9.88 Å². The van der Waals surface area contributed by atoms with E-state index in [1.54, 1.807) is 0 Å². The second-order valence-electron chi connectivity index (χ2n) is 11.5. The number of hydrogen-bond donors (Lipinski definition) is 1. The zero-order valence-corrected chi connectivity index (χ0v) is 23.6. The van der Waals surface area contributed by atoms with E-state index in [1.807, 2.05) is 11.6 Å². The number of piperazine rings is 1. The summed E-state index contributed by atoms with van der Waals surface area (Å²) in [5, 5.41) is 14.3. The molecule has 0 radical (unpaired) electrons. The van der Waals surface area contributed by atoms with E-state index in [4.69, 9.17) is 0 Å². The number of fused-ring (bicyclic) bond motifs is 1. The predicted molar refractivity (Wildman–Crippen MR) is 156 cm³/mol. The van der Waals surface area contributed by atoms with Crippen LogP contribution in [0.25, 0.3) is 10.9 Å². The van der Waals surface area contributed by atoms with Crippen LogP contribution < -0.4 is 10.5 Å². The number of anilines is 1. The molecule has 2 aromatic carbocycles. The van der Waals surface area contributed by atoms with Crippen molar-refractivity contribution in [2.75, 3.05) is 31.1 Å². The smallest absolute Gasteiger partial charge is 0.253 e. The molecule has 1 saturated carbocycles. The summed E-state index contributed by atoms with van der Waals surface area (Å²) in [5.41, 5.74) is 7.67. The number of pyridine rings is 1. The third-order valence-corrected chi connectivity index (χ3v) is 8.84. The average Bonchev–Trinajstić information content (AvgIpc) is 3.43. The van der Waals surface area contributed by atoms with Gasteiger partial charge in [0.25, 0.3) is 5.56 Å². The predicted octanol–water partition coefficient (Wildman–Crippen LogP) is 5.17. The van der Waals surface area contributed by atoms with Gasteiger partial charge in [-0.3, -0.25) is 9.69 Å². The molecule has 2 aromatic heterocycles. The number of nitrogens with zero attached hydrogens (tertiary/aromatic N) is 6. The summed E-state index contributed by atoms with van der Waals surface area (Å²) in [5.74, 6) is 0.789. The largest absolute Gasteiger partial charge is 0.369 e. The standard InChI is InChI=1S/C31H39N7O/c1-20-10-11-22(3)27(18-20)36-14-16-37(17-15-36)29(30-33-34-35-38(30)24-8-6-5-7-9-24)26-19-25-21(2)12-13-23(4)28(25)32-31(26)39/h10-13,18-19,24,29H,5-9,14-17H2,1-4H3,(H,32,39). The Morgan fingerprint density at radius 2 is 1.59 bits per heavy atom. The van der Waals surface area contributed by atoms with Crippen molar-refractivity contribution in [2.24, 2.45) is 0 Å². The molecule has 8 nitrogen and oxygen atoms in total. The van der Waals surface area contributed by atoms with Crippen molar-refractivity contribution in [3.05, 3.63) is 80.4 Å². The van der Waals surface area contributed by atoms with Crippen LogP contribution in [-0.2, 0) is 0 Å². The lowest BCUT2D eigenvalue weighted by Gasteiger charge is -2.40. The molecule has 6 rings (SSSR count). The molecule has 3 heterocycles. The lowest BCUT2D eigenvalue weighted by Crippen LogP contribution is -2.49. The fourth-order valence-electron chi connectivity index (χ4n) is 6.54. The SMILES string of the molecule is Cc1ccc(C)c(N2CCN(C(c3cc4c(C)ccc(C)c4[nH]c3=O)c3nnnn3C3CCCCC3)CC2)c1. The van der Waals surface area contributed by atoms with Gasteiger partial charge in [0.05, 0.1) is 11.6 Å². The van der Waals surface area contributed by atoms with Crippen LogP contribution in [0.5, 0.6) is 0 Å². The average molecular weight is 526 g/mol. The summed E-state index contributed by atoms with van der Waals surface area (Å²) >= 11 is 0. The molecule has 1 aliphatic carbocycles. The zero-order valence-electron chi connectivity index (χ0n) is 23.6. The van der Waals surface area contributed by atoms with Crippen LogP contribution in [0.2, 0.25) is 0 Å². The van der Waals surface area contributed by atoms with E-state index in [2.05, 4.69) is 87.5 Å². The Morgan fingerprint density at radius 3 is 2.36 bits per heavy atom. The first-order valence-corrected chi connectivity index (χ1v) is 14.4. The molecule has 1 saturated heterocycles.